The van der Waals surface area contributed by atoms with E-state index in [1.807, 2.05) is 41.6 Å². The van der Waals surface area contributed by atoms with Gasteiger partial charge in [0.2, 0.25) is 5.91 Å². The topological polar surface area (TPSA) is 60.9 Å². The Balaban J connectivity index is 1.55. The molecule has 1 unspecified atom stereocenters. The number of nitrogens with zero attached hydrogens (tertiary/aromatic N) is 3. The van der Waals surface area contributed by atoms with Gasteiger partial charge in [0.1, 0.15) is 0 Å². The molecule has 3 amide bonds. The maximum atomic E-state index is 13.2. The van der Waals surface area contributed by atoms with E-state index in [9.17, 15) is 14.4 Å². The van der Waals surface area contributed by atoms with Crippen LogP contribution in [-0.4, -0.2) is 54.2 Å². The van der Waals surface area contributed by atoms with Gasteiger partial charge in [-0.2, -0.15) is 0 Å². The fourth-order valence-electron chi connectivity index (χ4n) is 4.50. The first-order valence-corrected chi connectivity index (χ1v) is 11.9. The highest BCUT2D eigenvalue weighted by atomic mass is 32.1. The second kappa shape index (κ2) is 9.22. The van der Waals surface area contributed by atoms with E-state index in [0.717, 1.165) is 49.3 Å². The third kappa shape index (κ3) is 4.24. The number of amides is 3. The van der Waals surface area contributed by atoms with Crippen molar-refractivity contribution in [3.8, 4) is 0 Å². The van der Waals surface area contributed by atoms with Crippen molar-refractivity contribution in [3.63, 3.8) is 0 Å². The van der Waals surface area contributed by atoms with Crippen molar-refractivity contribution >= 4 is 34.7 Å². The van der Waals surface area contributed by atoms with Crippen LogP contribution in [0.4, 0.5) is 5.69 Å². The van der Waals surface area contributed by atoms with Gasteiger partial charge in [-0.15, -0.1) is 11.3 Å². The van der Waals surface area contributed by atoms with Crippen LogP contribution in [0.5, 0.6) is 0 Å². The summed E-state index contributed by atoms with van der Waals surface area (Å²) in [6.07, 6.45) is 3.81. The Morgan fingerprint density at radius 3 is 2.77 bits per heavy atom. The maximum Gasteiger partial charge on any atom is 0.264 e. The van der Waals surface area contributed by atoms with Crippen molar-refractivity contribution in [2.24, 2.45) is 5.92 Å². The Morgan fingerprint density at radius 2 is 2.03 bits per heavy atom. The van der Waals surface area contributed by atoms with Crippen LogP contribution in [0.3, 0.4) is 0 Å². The molecule has 3 heterocycles. The van der Waals surface area contributed by atoms with Crippen molar-refractivity contribution < 1.29 is 14.4 Å². The molecule has 7 heteroatoms. The minimum Gasteiger partial charge on any atom is -0.370 e. The highest BCUT2D eigenvalue weighted by Crippen LogP contribution is 2.35. The number of hydrogen-bond donors (Lipinski definition) is 0. The van der Waals surface area contributed by atoms with Gasteiger partial charge >= 0.3 is 0 Å². The average molecular weight is 440 g/mol. The van der Waals surface area contributed by atoms with Crippen LogP contribution >= 0.6 is 11.3 Å². The number of carbonyl (C=O) groups is 3. The number of benzene rings is 1. The molecule has 0 saturated carbocycles. The first-order valence-electron chi connectivity index (χ1n) is 11.0. The third-order valence-corrected chi connectivity index (χ3v) is 7.07. The monoisotopic (exact) mass is 439 g/mol. The second-order valence-electron chi connectivity index (χ2n) is 8.37. The molecule has 1 fully saturated rings. The van der Waals surface area contributed by atoms with Gasteiger partial charge in [-0.3, -0.25) is 19.3 Å². The third-order valence-electron chi connectivity index (χ3n) is 6.21. The Labute approximate surface area is 187 Å². The van der Waals surface area contributed by atoms with Crippen molar-refractivity contribution in [3.05, 3.63) is 51.7 Å². The number of carbonyl (C=O) groups excluding carboxylic acids is 3. The molecule has 1 aromatic carbocycles. The van der Waals surface area contributed by atoms with E-state index in [4.69, 9.17) is 0 Å². The average Bonchev–Trinajstić information content (AvgIpc) is 3.40. The van der Waals surface area contributed by atoms with Crippen LogP contribution in [0.1, 0.15) is 58.2 Å². The van der Waals surface area contributed by atoms with Gasteiger partial charge in [0.15, 0.2) is 0 Å². The van der Waals surface area contributed by atoms with Crippen LogP contribution in [0.25, 0.3) is 0 Å². The Kier molecular flexibility index (Phi) is 6.41. The van der Waals surface area contributed by atoms with E-state index in [0.29, 0.717) is 24.2 Å². The summed E-state index contributed by atoms with van der Waals surface area (Å²) < 4.78 is 0. The molecule has 31 heavy (non-hydrogen) atoms. The molecular weight excluding hydrogens is 410 g/mol. The van der Waals surface area contributed by atoms with E-state index >= 15 is 0 Å². The summed E-state index contributed by atoms with van der Waals surface area (Å²) in [5.41, 5.74) is 1.72. The molecule has 0 radical (unpaired) electrons. The molecule has 164 valence electrons. The molecular formula is C24H29N3O3S. The molecule has 4 rings (SSSR count). The van der Waals surface area contributed by atoms with Crippen molar-refractivity contribution in [1.29, 1.82) is 0 Å². The lowest BCUT2D eigenvalue weighted by Crippen LogP contribution is -2.44. The summed E-state index contributed by atoms with van der Waals surface area (Å²) in [7, 11) is 1.88. The van der Waals surface area contributed by atoms with E-state index in [1.54, 1.807) is 6.07 Å². The summed E-state index contributed by atoms with van der Waals surface area (Å²) in [6.45, 7) is 4.56. The number of anilines is 1. The summed E-state index contributed by atoms with van der Waals surface area (Å²) in [5, 5.41) is 1.95. The number of imide groups is 1. The van der Waals surface area contributed by atoms with Gasteiger partial charge in [-0.1, -0.05) is 25.5 Å². The zero-order valence-corrected chi connectivity index (χ0v) is 19.0. The molecule has 0 aliphatic carbocycles. The minimum absolute atomic E-state index is 0.0825. The number of piperidine rings is 1. The summed E-state index contributed by atoms with van der Waals surface area (Å²) in [4.78, 5) is 45.4. The number of fused-ring (bicyclic) bond motifs is 1. The fourth-order valence-corrected chi connectivity index (χ4v) is 5.19. The Bertz CT molecular complexity index is 972. The second-order valence-corrected chi connectivity index (χ2v) is 9.41. The minimum atomic E-state index is -0.238. The van der Waals surface area contributed by atoms with Crippen molar-refractivity contribution in [2.45, 2.75) is 39.2 Å². The molecule has 0 N–H and O–H groups in total. The van der Waals surface area contributed by atoms with Crippen molar-refractivity contribution in [1.82, 2.24) is 9.80 Å². The summed E-state index contributed by atoms with van der Waals surface area (Å²) in [5.74, 6) is -0.384. The fraction of sp³-hybridized carbons (Fsp3) is 0.458. The zero-order chi connectivity index (χ0) is 22.0. The predicted molar refractivity (Wildman–Crippen MR) is 122 cm³/mol. The van der Waals surface area contributed by atoms with E-state index < -0.39 is 0 Å². The lowest BCUT2D eigenvalue weighted by molar-refractivity contribution is -0.134. The number of rotatable bonds is 7. The van der Waals surface area contributed by atoms with Crippen molar-refractivity contribution in [2.75, 3.05) is 31.6 Å². The molecule has 2 aromatic rings. The number of unbranched alkanes of at least 4 members (excludes halogenated alkanes) is 1. The lowest BCUT2D eigenvalue weighted by atomic mass is 9.95. The molecule has 1 atom stereocenters. The standard InChI is InChI=1S/C24H29N3O3S/c1-3-4-12-25(2)22(28)17-8-6-13-26(15-17)20-11-5-10-19-21(20)24(30)27(23(19)29)16-18-9-7-14-31-18/h5,7,9-11,14,17H,3-4,6,8,12-13,15-16H2,1-2H3. The van der Waals surface area contributed by atoms with Crippen LogP contribution in [0.2, 0.25) is 0 Å². The molecule has 0 bridgehead atoms. The van der Waals surface area contributed by atoms with Crippen LogP contribution < -0.4 is 4.90 Å². The highest BCUT2D eigenvalue weighted by molar-refractivity contribution is 7.09. The van der Waals surface area contributed by atoms with E-state index in [1.165, 1.54) is 16.2 Å². The van der Waals surface area contributed by atoms with Crippen LogP contribution in [0.15, 0.2) is 35.7 Å². The largest absolute Gasteiger partial charge is 0.370 e. The van der Waals surface area contributed by atoms with Crippen LogP contribution in [0, 0.1) is 5.92 Å². The molecule has 2 aliphatic rings. The van der Waals surface area contributed by atoms with Gasteiger partial charge in [0.25, 0.3) is 11.8 Å². The quantitative estimate of drug-likeness (QED) is 0.612. The van der Waals surface area contributed by atoms with Gasteiger partial charge in [0, 0.05) is 31.6 Å². The summed E-state index contributed by atoms with van der Waals surface area (Å²) in [6, 6.07) is 9.34. The molecule has 2 aliphatic heterocycles. The number of thiophene rings is 1. The van der Waals surface area contributed by atoms with Gasteiger partial charge < -0.3 is 9.80 Å². The normalized spacial score (nSPS) is 18.5. The molecule has 0 spiro atoms. The zero-order valence-electron chi connectivity index (χ0n) is 18.2. The molecule has 1 saturated heterocycles. The SMILES string of the molecule is CCCCN(C)C(=O)C1CCCN(c2cccc3c2C(=O)N(Cc2cccs2)C3=O)C1. The molecule has 1 aromatic heterocycles. The highest BCUT2D eigenvalue weighted by Gasteiger charge is 2.39. The number of hydrogen-bond acceptors (Lipinski definition) is 5. The lowest BCUT2D eigenvalue weighted by Gasteiger charge is -2.36. The maximum absolute atomic E-state index is 13.2. The predicted octanol–water partition coefficient (Wildman–Crippen LogP) is 4.02. The first-order chi connectivity index (χ1) is 15.0. The van der Waals surface area contributed by atoms with E-state index in [-0.39, 0.29) is 23.6 Å². The smallest absolute Gasteiger partial charge is 0.264 e. The summed E-state index contributed by atoms with van der Waals surface area (Å²) >= 11 is 1.54. The first kappa shape index (κ1) is 21.6. The van der Waals surface area contributed by atoms with Gasteiger partial charge in [-0.25, -0.2) is 0 Å². The molecule has 6 nitrogen and oxygen atoms in total. The Morgan fingerprint density at radius 1 is 1.19 bits per heavy atom. The Hall–Kier alpha value is -2.67. The van der Waals surface area contributed by atoms with Gasteiger partial charge in [-0.05, 0) is 42.8 Å². The van der Waals surface area contributed by atoms with Crippen LogP contribution in [-0.2, 0) is 11.3 Å². The van der Waals surface area contributed by atoms with Gasteiger partial charge in [0.05, 0.1) is 29.3 Å². The van der Waals surface area contributed by atoms with E-state index in [2.05, 4.69) is 11.8 Å².